The molecule has 1 radical (unpaired) electrons. The molecule has 0 aromatic heterocycles. The third-order valence-electron chi connectivity index (χ3n) is 0. The van der Waals surface area contributed by atoms with E-state index in [-0.39, 0.29) is 29.6 Å². The van der Waals surface area contributed by atoms with Gasteiger partial charge in [-0.05, 0) is 0 Å². The van der Waals surface area contributed by atoms with Crippen molar-refractivity contribution in [2.75, 3.05) is 0 Å². The maximum atomic E-state index is 3.72. The predicted molar refractivity (Wildman–Crippen MR) is 44.4 cm³/mol. The number of hydrogen-bond donors (Lipinski definition) is 4. The number of rotatable bonds is 0. The van der Waals surface area contributed by atoms with E-state index in [9.17, 15) is 0 Å². The van der Waals surface area contributed by atoms with Crippen LogP contribution in [0.15, 0.2) is 0 Å². The Kier molecular flexibility index (Phi) is 8.04. The van der Waals surface area contributed by atoms with Crippen molar-refractivity contribution in [1.82, 2.24) is 0 Å². The molecule has 0 saturated carbocycles. The first-order chi connectivity index (χ1) is 2.00. The third-order valence-corrected chi connectivity index (χ3v) is 0. The molecule has 0 amide bonds. The van der Waals surface area contributed by atoms with Crippen LogP contribution in [0.25, 0.3) is 0 Å². The van der Waals surface area contributed by atoms with E-state index in [0.29, 0.717) is 0 Å². The van der Waals surface area contributed by atoms with Gasteiger partial charge < -0.3 is 0 Å². The molecule has 0 N–H and O–H groups in total. The molecular weight excluding hydrogens is 163 g/mol. The minimum absolute atomic E-state index is 0. The van der Waals surface area contributed by atoms with Crippen molar-refractivity contribution >= 4 is 80.1 Å². The summed E-state index contributed by atoms with van der Waals surface area (Å²) >= 11 is 14.9. The average molecular weight is 167 g/mol. The minimum atomic E-state index is -0.722. The van der Waals surface area contributed by atoms with Gasteiger partial charge in [-0.1, -0.05) is 0 Å². The SMILES string of the molecule is SC(S)(S)S.[Na]. The van der Waals surface area contributed by atoms with E-state index in [2.05, 4.69) is 50.5 Å². The molecule has 0 heterocycles. The Morgan fingerprint density at radius 1 is 0.833 bits per heavy atom. The Morgan fingerprint density at radius 3 is 0.833 bits per heavy atom. The molecule has 6 heavy (non-hydrogen) atoms. The van der Waals surface area contributed by atoms with Crippen LogP contribution in [0.3, 0.4) is 0 Å². The molecule has 0 aliphatic heterocycles. The molecule has 0 rings (SSSR count). The number of hydrogen-bond acceptors (Lipinski definition) is 4. The second kappa shape index (κ2) is 4.30. The van der Waals surface area contributed by atoms with Crippen molar-refractivity contribution in [2.24, 2.45) is 0 Å². The van der Waals surface area contributed by atoms with Crippen LogP contribution in [-0.2, 0) is 0 Å². The Hall–Kier alpha value is 2.40. The molecule has 5 heteroatoms. The molecule has 0 unspecified atom stereocenters. The smallest absolute Gasteiger partial charge is 0.141 e. The topological polar surface area (TPSA) is 0 Å². The molecule has 0 aliphatic rings. The summed E-state index contributed by atoms with van der Waals surface area (Å²) in [6.07, 6.45) is 0. The molecule has 33 valence electrons. The Balaban J connectivity index is 0. The summed E-state index contributed by atoms with van der Waals surface area (Å²) in [6.45, 7) is 0. The minimum Gasteiger partial charge on any atom is -0.141 e. The van der Waals surface area contributed by atoms with Gasteiger partial charge in [-0.25, -0.2) is 0 Å². The molecule has 0 spiro atoms. The van der Waals surface area contributed by atoms with Gasteiger partial charge in [0.05, 0.1) is 0 Å². The maximum Gasteiger partial charge on any atom is 0.142 e. The van der Waals surface area contributed by atoms with Crippen LogP contribution in [0.2, 0.25) is 0 Å². The van der Waals surface area contributed by atoms with Crippen molar-refractivity contribution in [3.63, 3.8) is 0 Å². The van der Waals surface area contributed by atoms with E-state index >= 15 is 0 Å². The molecular formula is CH4NaS4. The van der Waals surface area contributed by atoms with Crippen molar-refractivity contribution < 1.29 is 0 Å². The average Bonchev–Trinajstić information content (AvgIpc) is 0.722. The zero-order valence-electron chi connectivity index (χ0n) is 3.29. The van der Waals surface area contributed by atoms with Crippen LogP contribution in [0, 0.1) is 0 Å². The van der Waals surface area contributed by atoms with E-state index in [1.807, 2.05) is 0 Å². The predicted octanol–water partition coefficient (Wildman–Crippen LogP) is 0.936. The van der Waals surface area contributed by atoms with Crippen LogP contribution in [0.5, 0.6) is 0 Å². The van der Waals surface area contributed by atoms with Gasteiger partial charge in [0.2, 0.25) is 0 Å². The Morgan fingerprint density at radius 2 is 0.833 bits per heavy atom. The van der Waals surface area contributed by atoms with Crippen LogP contribution in [0.1, 0.15) is 0 Å². The van der Waals surface area contributed by atoms with Gasteiger partial charge in [0.1, 0.15) is 2.74 Å². The molecule has 0 atom stereocenters. The Labute approximate surface area is 81.8 Å². The summed E-state index contributed by atoms with van der Waals surface area (Å²) in [5.41, 5.74) is 0. The zero-order valence-corrected chi connectivity index (χ0v) is 8.87. The fourth-order valence-electron chi connectivity index (χ4n) is 0. The van der Waals surface area contributed by atoms with E-state index < -0.39 is 2.74 Å². The molecule has 0 aliphatic carbocycles. The third kappa shape index (κ3) is 32.4. The van der Waals surface area contributed by atoms with Crippen LogP contribution in [0.4, 0.5) is 0 Å². The van der Waals surface area contributed by atoms with Crippen molar-refractivity contribution in [1.29, 1.82) is 0 Å². The second-order valence-corrected chi connectivity index (χ2v) is 5.40. The van der Waals surface area contributed by atoms with Gasteiger partial charge in [-0.3, -0.25) is 0 Å². The van der Waals surface area contributed by atoms with Gasteiger partial charge >= 0.3 is 0 Å². The standard InChI is InChI=1S/CH4S4.Na/c2-1(3,4)5;/h2-5H;. The summed E-state index contributed by atoms with van der Waals surface area (Å²) < 4.78 is -0.722. The zero-order chi connectivity index (χ0) is 4.50. The van der Waals surface area contributed by atoms with Crippen molar-refractivity contribution in [3.05, 3.63) is 0 Å². The normalized spacial score (nSPS) is 10.0. The molecule has 0 aromatic rings. The van der Waals surface area contributed by atoms with Crippen molar-refractivity contribution in [2.45, 2.75) is 2.74 Å². The summed E-state index contributed by atoms with van der Waals surface area (Å²) in [7, 11) is 0. The fraction of sp³-hybridized carbons (Fsp3) is 1.00. The summed E-state index contributed by atoms with van der Waals surface area (Å²) in [6, 6.07) is 0. The monoisotopic (exact) mass is 167 g/mol. The molecule has 0 aromatic carbocycles. The quantitative estimate of drug-likeness (QED) is 0.230. The summed E-state index contributed by atoms with van der Waals surface area (Å²) in [4.78, 5) is 0. The van der Waals surface area contributed by atoms with Gasteiger partial charge in [0, 0.05) is 29.6 Å². The van der Waals surface area contributed by atoms with Crippen LogP contribution < -0.4 is 0 Å². The largest absolute Gasteiger partial charge is 0.142 e. The first-order valence-corrected chi connectivity index (χ1v) is 2.68. The van der Waals surface area contributed by atoms with Gasteiger partial charge in [0.15, 0.2) is 0 Å². The van der Waals surface area contributed by atoms with Gasteiger partial charge in [-0.2, -0.15) is 0 Å². The van der Waals surface area contributed by atoms with E-state index in [4.69, 9.17) is 0 Å². The van der Waals surface area contributed by atoms with Gasteiger partial charge in [0.25, 0.3) is 0 Å². The second-order valence-electron chi connectivity index (χ2n) is 0.600. The Bertz CT molecular complexity index is 23.0. The van der Waals surface area contributed by atoms with Crippen LogP contribution in [-0.4, -0.2) is 32.3 Å². The fourth-order valence-corrected chi connectivity index (χ4v) is 0. The van der Waals surface area contributed by atoms with E-state index in [1.165, 1.54) is 0 Å². The number of thiol groups is 4. The molecule has 0 fully saturated rings. The first-order valence-electron chi connectivity index (χ1n) is 0.894. The first kappa shape index (κ1) is 11.2. The molecule has 0 saturated heterocycles. The van der Waals surface area contributed by atoms with Crippen LogP contribution >= 0.6 is 50.5 Å². The van der Waals surface area contributed by atoms with Gasteiger partial charge in [-0.15, -0.1) is 50.5 Å². The van der Waals surface area contributed by atoms with E-state index in [1.54, 1.807) is 0 Å². The van der Waals surface area contributed by atoms with E-state index in [0.717, 1.165) is 0 Å². The summed E-state index contributed by atoms with van der Waals surface area (Å²) in [5.74, 6) is 0. The van der Waals surface area contributed by atoms with Crippen molar-refractivity contribution in [3.8, 4) is 0 Å². The molecule has 0 bridgehead atoms. The summed E-state index contributed by atoms with van der Waals surface area (Å²) in [5, 5.41) is 0. The maximum absolute atomic E-state index is 3.72. The molecule has 0 nitrogen and oxygen atoms in total.